The van der Waals surface area contributed by atoms with Crippen molar-refractivity contribution in [1.82, 2.24) is 14.8 Å². The summed E-state index contributed by atoms with van der Waals surface area (Å²) in [6, 6.07) is 6.49. The molecule has 2 aromatic heterocycles. The van der Waals surface area contributed by atoms with E-state index in [4.69, 9.17) is 0 Å². The van der Waals surface area contributed by atoms with Crippen LogP contribution in [0.4, 0.5) is 0 Å². The maximum Gasteiger partial charge on any atom is 0.0907 e. The Kier molecular flexibility index (Phi) is 2.45. The number of aryl methyl sites for hydroxylation is 1. The van der Waals surface area contributed by atoms with Gasteiger partial charge in [0.25, 0.3) is 0 Å². The third-order valence-electron chi connectivity index (χ3n) is 3.60. The van der Waals surface area contributed by atoms with Gasteiger partial charge in [0.05, 0.1) is 21.4 Å². The first-order chi connectivity index (χ1) is 9.28. The summed E-state index contributed by atoms with van der Waals surface area (Å²) in [5.74, 6) is 0.858. The van der Waals surface area contributed by atoms with Crippen molar-refractivity contribution in [1.29, 1.82) is 0 Å². The van der Waals surface area contributed by atoms with E-state index < -0.39 is 0 Å². The lowest BCUT2D eigenvalue weighted by Gasteiger charge is -1.98. The molecule has 0 atom stereocenters. The normalized spacial score (nSPS) is 15.2. The Hall–Kier alpha value is -1.68. The van der Waals surface area contributed by atoms with Crippen LogP contribution in [-0.4, -0.2) is 14.8 Å². The molecule has 0 spiro atoms. The summed E-state index contributed by atoms with van der Waals surface area (Å²) in [7, 11) is 0. The van der Waals surface area contributed by atoms with Crippen LogP contribution in [0.25, 0.3) is 21.3 Å². The van der Waals surface area contributed by atoms with Gasteiger partial charge in [-0.05, 0) is 43.4 Å². The zero-order valence-electron chi connectivity index (χ0n) is 10.8. The molecule has 3 nitrogen and oxygen atoms in total. The monoisotopic (exact) mass is 269 g/mol. The Morgan fingerprint density at radius 3 is 3.05 bits per heavy atom. The Morgan fingerprint density at radius 1 is 1.32 bits per heavy atom. The largest absolute Gasteiger partial charge is 0.272 e. The average Bonchev–Trinajstić information content (AvgIpc) is 2.94. The second-order valence-electron chi connectivity index (χ2n) is 5.31. The molecule has 0 N–H and O–H groups in total. The van der Waals surface area contributed by atoms with Crippen LogP contribution in [-0.2, 0) is 6.54 Å². The molecule has 96 valence electrons. The molecule has 2 heterocycles. The fourth-order valence-corrected chi connectivity index (χ4v) is 3.21. The van der Waals surface area contributed by atoms with Gasteiger partial charge in [-0.15, -0.1) is 11.3 Å². The van der Waals surface area contributed by atoms with Gasteiger partial charge >= 0.3 is 0 Å². The lowest BCUT2D eigenvalue weighted by molar-refractivity contribution is 0.563. The molecule has 4 rings (SSSR count). The van der Waals surface area contributed by atoms with Crippen molar-refractivity contribution in [3.8, 4) is 11.1 Å². The highest BCUT2D eigenvalue weighted by Gasteiger charge is 2.22. The molecule has 1 fully saturated rings. The Morgan fingerprint density at radius 2 is 2.21 bits per heavy atom. The van der Waals surface area contributed by atoms with E-state index in [1.54, 1.807) is 11.3 Å². The zero-order chi connectivity index (χ0) is 12.8. The summed E-state index contributed by atoms with van der Waals surface area (Å²) in [5.41, 5.74) is 3.49. The standard InChI is InChI=1S/C15H15N3S/c1-10-17-14-6-12(4-5-15(14)19-10)13-7-16-18(9-13)8-11-2-3-11/h4-7,9,11H,2-3,8H2,1H3. The number of nitrogens with zero attached hydrogens (tertiary/aromatic N) is 3. The average molecular weight is 269 g/mol. The van der Waals surface area contributed by atoms with Crippen molar-refractivity contribution in [2.45, 2.75) is 26.3 Å². The predicted molar refractivity (Wildman–Crippen MR) is 78.3 cm³/mol. The van der Waals surface area contributed by atoms with Crippen molar-refractivity contribution in [3.05, 3.63) is 35.6 Å². The summed E-state index contributed by atoms with van der Waals surface area (Å²) < 4.78 is 3.33. The zero-order valence-corrected chi connectivity index (χ0v) is 11.7. The SMILES string of the molecule is Cc1nc2cc(-c3cnn(CC4CC4)c3)ccc2s1. The number of aromatic nitrogens is 3. The van der Waals surface area contributed by atoms with Gasteiger partial charge in [-0.3, -0.25) is 4.68 Å². The minimum atomic E-state index is 0.858. The molecule has 1 aliphatic carbocycles. The van der Waals surface area contributed by atoms with Gasteiger partial charge in [-0.2, -0.15) is 5.10 Å². The summed E-state index contributed by atoms with van der Waals surface area (Å²) in [6.07, 6.45) is 6.83. The summed E-state index contributed by atoms with van der Waals surface area (Å²) >= 11 is 1.75. The third-order valence-corrected chi connectivity index (χ3v) is 4.56. The molecule has 0 saturated heterocycles. The highest BCUT2D eigenvalue weighted by molar-refractivity contribution is 7.18. The summed E-state index contributed by atoms with van der Waals surface area (Å²) in [5, 5.41) is 5.58. The van der Waals surface area contributed by atoms with Crippen LogP contribution in [0.1, 0.15) is 17.8 Å². The Balaban J connectivity index is 1.69. The topological polar surface area (TPSA) is 30.7 Å². The summed E-state index contributed by atoms with van der Waals surface area (Å²) in [6.45, 7) is 3.12. The van der Waals surface area contributed by atoms with Crippen LogP contribution in [0.2, 0.25) is 0 Å². The number of fused-ring (bicyclic) bond motifs is 1. The second-order valence-corrected chi connectivity index (χ2v) is 6.54. The van der Waals surface area contributed by atoms with Crippen molar-refractivity contribution in [3.63, 3.8) is 0 Å². The fraction of sp³-hybridized carbons (Fsp3) is 0.333. The highest BCUT2D eigenvalue weighted by Crippen LogP contribution is 2.31. The van der Waals surface area contributed by atoms with E-state index in [2.05, 4.69) is 46.1 Å². The third kappa shape index (κ3) is 2.16. The van der Waals surface area contributed by atoms with Gasteiger partial charge in [-0.1, -0.05) is 6.07 Å². The van der Waals surface area contributed by atoms with Crippen LogP contribution >= 0.6 is 11.3 Å². The van der Waals surface area contributed by atoms with E-state index in [1.807, 2.05) is 6.20 Å². The van der Waals surface area contributed by atoms with E-state index in [0.717, 1.165) is 23.0 Å². The molecule has 4 heteroatoms. The van der Waals surface area contributed by atoms with Crippen LogP contribution in [0.3, 0.4) is 0 Å². The molecule has 0 radical (unpaired) electrons. The number of hydrogen-bond donors (Lipinski definition) is 0. The van der Waals surface area contributed by atoms with Gasteiger partial charge < -0.3 is 0 Å². The van der Waals surface area contributed by atoms with E-state index in [9.17, 15) is 0 Å². The Labute approximate surface area is 115 Å². The van der Waals surface area contributed by atoms with E-state index in [1.165, 1.54) is 28.7 Å². The first-order valence-electron chi connectivity index (χ1n) is 6.68. The first-order valence-corrected chi connectivity index (χ1v) is 7.49. The van der Waals surface area contributed by atoms with Crippen LogP contribution in [0.5, 0.6) is 0 Å². The number of rotatable bonds is 3. The molecule has 0 aliphatic heterocycles. The van der Waals surface area contributed by atoms with Crippen molar-refractivity contribution < 1.29 is 0 Å². The number of benzene rings is 1. The molecule has 0 amide bonds. The Bertz CT molecular complexity index is 737. The molecule has 3 aromatic rings. The van der Waals surface area contributed by atoms with Gasteiger partial charge in [-0.25, -0.2) is 4.98 Å². The molecule has 1 aliphatic rings. The van der Waals surface area contributed by atoms with Crippen molar-refractivity contribution >= 4 is 21.6 Å². The second kappa shape index (κ2) is 4.17. The lowest BCUT2D eigenvalue weighted by Crippen LogP contribution is -1.98. The molecule has 0 unspecified atom stereocenters. The molecule has 1 aromatic carbocycles. The smallest absolute Gasteiger partial charge is 0.0907 e. The van der Waals surface area contributed by atoms with Crippen molar-refractivity contribution in [2.24, 2.45) is 5.92 Å². The van der Waals surface area contributed by atoms with Gasteiger partial charge in [0.2, 0.25) is 0 Å². The number of hydrogen-bond acceptors (Lipinski definition) is 3. The van der Waals surface area contributed by atoms with Gasteiger partial charge in [0, 0.05) is 18.3 Å². The fourth-order valence-electron chi connectivity index (χ4n) is 2.40. The number of thiazole rings is 1. The highest BCUT2D eigenvalue weighted by atomic mass is 32.1. The predicted octanol–water partition coefficient (Wildman–Crippen LogP) is 3.88. The van der Waals surface area contributed by atoms with Gasteiger partial charge in [0.15, 0.2) is 0 Å². The van der Waals surface area contributed by atoms with Crippen LogP contribution < -0.4 is 0 Å². The van der Waals surface area contributed by atoms with Crippen molar-refractivity contribution in [2.75, 3.05) is 0 Å². The van der Waals surface area contributed by atoms with E-state index >= 15 is 0 Å². The van der Waals surface area contributed by atoms with E-state index in [0.29, 0.717) is 0 Å². The van der Waals surface area contributed by atoms with Crippen LogP contribution in [0.15, 0.2) is 30.6 Å². The molecule has 0 bridgehead atoms. The van der Waals surface area contributed by atoms with E-state index in [-0.39, 0.29) is 0 Å². The van der Waals surface area contributed by atoms with Crippen LogP contribution in [0, 0.1) is 12.8 Å². The minimum Gasteiger partial charge on any atom is -0.272 e. The molecule has 19 heavy (non-hydrogen) atoms. The quantitative estimate of drug-likeness (QED) is 0.722. The lowest BCUT2D eigenvalue weighted by atomic mass is 10.1. The van der Waals surface area contributed by atoms with Gasteiger partial charge in [0.1, 0.15) is 0 Å². The first kappa shape index (κ1) is 11.2. The maximum atomic E-state index is 4.56. The maximum absolute atomic E-state index is 4.56. The summed E-state index contributed by atoms with van der Waals surface area (Å²) in [4.78, 5) is 4.56. The molecular formula is C15H15N3S. The molecular weight excluding hydrogens is 254 g/mol. The molecule has 1 saturated carbocycles. The minimum absolute atomic E-state index is 0.858.